The number of esters is 1. The van der Waals surface area contributed by atoms with E-state index in [1.165, 1.54) is 28.4 Å². The van der Waals surface area contributed by atoms with Crippen LogP contribution in [0.3, 0.4) is 0 Å². The minimum Gasteiger partial charge on any atom is -0.467 e. The molecule has 0 aliphatic carbocycles. The zero-order valence-corrected chi connectivity index (χ0v) is 34.6. The molecule has 0 amide bonds. The van der Waals surface area contributed by atoms with Crippen LogP contribution in [0.5, 0.6) is 0 Å². The molecule has 1 rings (SSSR count). The van der Waals surface area contributed by atoms with Crippen molar-refractivity contribution in [2.75, 3.05) is 48.9 Å². The third kappa shape index (κ3) is 11.9. The summed E-state index contributed by atoms with van der Waals surface area (Å²) < 4.78 is 46.4. The molecule has 0 spiro atoms. The molecule has 2 N–H and O–H groups in total. The molecule has 0 aromatic carbocycles. The lowest BCUT2D eigenvalue weighted by atomic mass is 9.67. The van der Waals surface area contributed by atoms with E-state index >= 15 is 0 Å². The molecule has 1 saturated heterocycles. The van der Waals surface area contributed by atoms with Crippen molar-refractivity contribution in [1.29, 1.82) is 0 Å². The molecule has 50 heavy (non-hydrogen) atoms. The molecule has 13 heteroatoms. The van der Waals surface area contributed by atoms with Crippen molar-refractivity contribution in [3.63, 3.8) is 0 Å². The number of carbonyl (C=O) groups is 2. The number of aliphatic hydroxyl groups excluding tert-OH is 2. The van der Waals surface area contributed by atoms with Gasteiger partial charge < -0.3 is 47.8 Å². The number of allylic oxidation sites excluding steroid dienone is 1. The Morgan fingerprint density at radius 3 is 2.16 bits per heavy atom. The van der Waals surface area contributed by atoms with Crippen LogP contribution in [-0.2, 0) is 47.2 Å². The highest BCUT2D eigenvalue weighted by Gasteiger charge is 2.60. The highest BCUT2D eigenvalue weighted by Crippen LogP contribution is 2.51. The maximum absolute atomic E-state index is 13.2. The first-order valence-corrected chi connectivity index (χ1v) is 20.7. The largest absolute Gasteiger partial charge is 0.467 e. The van der Waals surface area contributed by atoms with Gasteiger partial charge in [0, 0.05) is 72.1 Å². The molecule has 0 saturated carbocycles. The normalized spacial score (nSPS) is 25.5. The summed E-state index contributed by atoms with van der Waals surface area (Å²) in [5.41, 5.74) is -0.532. The van der Waals surface area contributed by atoms with Gasteiger partial charge in [-0.05, 0) is 43.0 Å². The molecule has 0 aromatic heterocycles. The van der Waals surface area contributed by atoms with E-state index in [2.05, 4.69) is 40.8 Å². The van der Waals surface area contributed by atoms with E-state index in [1.54, 1.807) is 14.0 Å². The zero-order valence-electron chi connectivity index (χ0n) is 33.6. The summed E-state index contributed by atoms with van der Waals surface area (Å²) in [4.78, 5) is 25.8. The van der Waals surface area contributed by atoms with E-state index in [0.29, 0.717) is 18.6 Å². The van der Waals surface area contributed by atoms with Crippen LogP contribution < -0.4 is 0 Å². The number of ether oxygens (including phenoxy) is 7. The van der Waals surface area contributed by atoms with Gasteiger partial charge in [0.25, 0.3) is 0 Å². The first-order valence-electron chi connectivity index (χ1n) is 17.8. The van der Waals surface area contributed by atoms with Crippen LogP contribution >= 0.6 is 0 Å². The van der Waals surface area contributed by atoms with E-state index in [1.807, 2.05) is 26.8 Å². The van der Waals surface area contributed by atoms with Gasteiger partial charge in [-0.3, -0.25) is 4.79 Å². The van der Waals surface area contributed by atoms with Crippen LogP contribution in [0.25, 0.3) is 0 Å². The second-order valence-corrected chi connectivity index (χ2v) is 20.6. The molecule has 9 atom stereocenters. The number of hydrogen-bond acceptors (Lipinski definition) is 12. The predicted molar refractivity (Wildman–Crippen MR) is 194 cm³/mol. The number of carbonyl (C=O) groups excluding carboxylic acids is 2. The zero-order chi connectivity index (χ0) is 38.7. The van der Waals surface area contributed by atoms with E-state index in [-0.39, 0.29) is 54.8 Å². The molecule has 1 fully saturated rings. The average Bonchev–Trinajstić information content (AvgIpc) is 3.05. The smallest absolute Gasteiger partial charge is 0.337 e. The first kappa shape index (κ1) is 46.8. The molecule has 1 heterocycles. The van der Waals surface area contributed by atoms with E-state index in [4.69, 9.17) is 37.6 Å². The standard InChI is InChI=1S/C37H70O12Si/c1-16-26(22-48-50(14,15)35(4,5)6)17-24(2)29(39)18-27(38)19-32(40)36(7,8)37(46-13)25(3)30(43-10)20-28(49-37)21-31(44-11)33(34(41)45-12)47-23-42-9/h17,25-28,30-33,38,40H,16,18-23H2,1-15H3/b24-17-/t25-,26?,27?,28-,30-,31-,32+,33+,37?/m0/s1. The van der Waals surface area contributed by atoms with E-state index in [0.717, 1.165) is 6.42 Å². The summed E-state index contributed by atoms with van der Waals surface area (Å²) in [7, 11) is 5.37. The first-order chi connectivity index (χ1) is 23.1. The van der Waals surface area contributed by atoms with E-state index < -0.39 is 56.0 Å². The summed E-state index contributed by atoms with van der Waals surface area (Å²) >= 11 is 0. The van der Waals surface area contributed by atoms with Gasteiger partial charge in [0.05, 0.1) is 37.6 Å². The van der Waals surface area contributed by atoms with Crippen LogP contribution in [0.4, 0.5) is 0 Å². The van der Waals surface area contributed by atoms with Crippen molar-refractivity contribution in [2.24, 2.45) is 17.3 Å². The quantitative estimate of drug-likeness (QED) is 0.0633. The van der Waals surface area contributed by atoms with Gasteiger partial charge in [-0.1, -0.05) is 54.5 Å². The van der Waals surface area contributed by atoms with Crippen molar-refractivity contribution in [3.8, 4) is 0 Å². The maximum atomic E-state index is 13.2. The Labute approximate surface area is 303 Å². The van der Waals surface area contributed by atoms with Crippen molar-refractivity contribution in [2.45, 2.75) is 148 Å². The lowest BCUT2D eigenvalue weighted by molar-refractivity contribution is -0.374. The highest BCUT2D eigenvalue weighted by molar-refractivity contribution is 6.74. The fourth-order valence-corrected chi connectivity index (χ4v) is 7.55. The molecular formula is C37H70O12Si. The summed E-state index contributed by atoms with van der Waals surface area (Å²) in [5, 5.41) is 22.9. The van der Waals surface area contributed by atoms with Crippen molar-refractivity contribution in [1.82, 2.24) is 0 Å². The van der Waals surface area contributed by atoms with E-state index in [9.17, 15) is 19.8 Å². The molecule has 294 valence electrons. The second kappa shape index (κ2) is 20.3. The van der Waals surface area contributed by atoms with Crippen LogP contribution in [-0.4, -0.2) is 122 Å². The minimum atomic E-state index is -1.94. The number of Topliss-reactive ketones (excluding diaryl/α,β-unsaturated/α-hetero) is 1. The van der Waals surface area contributed by atoms with Gasteiger partial charge in [0.15, 0.2) is 26.0 Å². The lowest BCUT2D eigenvalue weighted by Gasteiger charge is -2.56. The molecule has 0 aromatic rings. The Balaban J connectivity index is 3.17. The van der Waals surface area contributed by atoms with Gasteiger partial charge in [-0.2, -0.15) is 0 Å². The van der Waals surface area contributed by atoms with Crippen molar-refractivity contribution < 1.29 is 57.4 Å². The molecule has 12 nitrogen and oxygen atoms in total. The van der Waals surface area contributed by atoms with Crippen LogP contribution in [0, 0.1) is 17.3 Å². The van der Waals surface area contributed by atoms with Crippen molar-refractivity contribution >= 4 is 20.1 Å². The fourth-order valence-electron chi connectivity index (χ4n) is 6.48. The summed E-state index contributed by atoms with van der Waals surface area (Å²) in [5.74, 6) is -2.47. The monoisotopic (exact) mass is 734 g/mol. The van der Waals surface area contributed by atoms with Gasteiger partial charge in [0.2, 0.25) is 0 Å². The van der Waals surface area contributed by atoms with Crippen LogP contribution in [0.15, 0.2) is 11.6 Å². The van der Waals surface area contributed by atoms with Gasteiger partial charge in [0.1, 0.15) is 6.79 Å². The predicted octanol–water partition coefficient (Wildman–Crippen LogP) is 5.43. The molecule has 0 radical (unpaired) electrons. The Morgan fingerprint density at radius 2 is 1.68 bits per heavy atom. The third-order valence-electron chi connectivity index (χ3n) is 11.1. The van der Waals surface area contributed by atoms with Crippen LogP contribution in [0.1, 0.15) is 87.5 Å². The lowest BCUT2D eigenvalue weighted by Crippen LogP contribution is -2.65. The number of aliphatic hydroxyl groups is 2. The number of hydrogen-bond donors (Lipinski definition) is 2. The minimum absolute atomic E-state index is 0.0788. The summed E-state index contributed by atoms with van der Waals surface area (Å²) in [6.45, 7) is 20.8. The summed E-state index contributed by atoms with van der Waals surface area (Å²) in [6, 6.07) is 0. The number of methoxy groups -OCH3 is 5. The second-order valence-electron chi connectivity index (χ2n) is 15.8. The van der Waals surface area contributed by atoms with Gasteiger partial charge >= 0.3 is 5.97 Å². The Hall–Kier alpha value is -1.26. The van der Waals surface area contributed by atoms with Crippen LogP contribution in [0.2, 0.25) is 18.1 Å². The summed E-state index contributed by atoms with van der Waals surface area (Å²) in [6.07, 6.45) is -1.76. The molecule has 1 aliphatic heterocycles. The van der Waals surface area contributed by atoms with Crippen molar-refractivity contribution in [3.05, 3.63) is 11.6 Å². The number of ketones is 1. The fraction of sp³-hybridized carbons (Fsp3) is 0.892. The molecule has 1 aliphatic rings. The third-order valence-corrected chi connectivity index (χ3v) is 15.6. The molecule has 0 bridgehead atoms. The molecule has 3 unspecified atom stereocenters. The molecular weight excluding hydrogens is 664 g/mol. The Kier molecular flexibility index (Phi) is 18.9. The Bertz CT molecular complexity index is 1070. The maximum Gasteiger partial charge on any atom is 0.337 e. The SMILES string of the molecule is CCC(/C=C(/C)C(=O)CC(O)C[C@@H](O)C(C)(C)C1(OC)O[C@H](C[C@H](OC)[C@@H](OCOC)C(=O)OC)C[C@H](OC)[C@@H]1C)CO[Si](C)(C)C(C)(C)C. The van der Waals surface area contributed by atoms with Gasteiger partial charge in [-0.15, -0.1) is 0 Å². The Morgan fingerprint density at radius 1 is 1.06 bits per heavy atom. The topological polar surface area (TPSA) is 148 Å². The highest BCUT2D eigenvalue weighted by atomic mass is 28.4. The number of rotatable bonds is 22. The average molecular weight is 735 g/mol. The van der Waals surface area contributed by atoms with Gasteiger partial charge in [-0.25, -0.2) is 4.79 Å².